The van der Waals surface area contributed by atoms with E-state index in [9.17, 15) is 4.79 Å². The number of hydrogen-bond donors (Lipinski definition) is 0. The summed E-state index contributed by atoms with van der Waals surface area (Å²) in [6.07, 6.45) is 0. The molecule has 1 aromatic heterocycles. The molecule has 0 saturated carbocycles. The van der Waals surface area contributed by atoms with Crippen molar-refractivity contribution < 1.29 is 21.8 Å². The van der Waals surface area contributed by atoms with Gasteiger partial charge in [0.05, 0.1) is 4.88 Å². The molecule has 0 atom stereocenters. The lowest BCUT2D eigenvalue weighted by molar-refractivity contribution is -0.0000109. The van der Waals surface area contributed by atoms with Gasteiger partial charge in [0.15, 0.2) is 0 Å². The molecule has 2 aromatic rings. The van der Waals surface area contributed by atoms with Crippen LogP contribution in [0.2, 0.25) is 0 Å². The first-order valence-corrected chi connectivity index (χ1v) is 7.72. The number of halogens is 1. The highest BCUT2D eigenvalue weighted by Crippen LogP contribution is 2.14. The van der Waals surface area contributed by atoms with E-state index in [1.54, 1.807) is 22.7 Å². The second-order valence-corrected chi connectivity index (χ2v) is 5.98. The Balaban J connectivity index is 0.00000180. The third kappa shape index (κ3) is 3.84. The van der Waals surface area contributed by atoms with Crippen molar-refractivity contribution in [2.75, 3.05) is 13.1 Å². The fourth-order valence-electron chi connectivity index (χ4n) is 1.70. The van der Waals surface area contributed by atoms with Gasteiger partial charge in [0.25, 0.3) is 0 Å². The minimum absolute atomic E-state index is 0. The second kappa shape index (κ2) is 7.72. The SMILES string of the molecule is CC[N+](CC)=c1scc(C(=O)c2ccccc2)s1.[Br-]. The van der Waals surface area contributed by atoms with Crippen LogP contribution in [0.5, 0.6) is 0 Å². The van der Waals surface area contributed by atoms with Gasteiger partial charge in [0.1, 0.15) is 13.1 Å². The Kier molecular flexibility index (Phi) is 6.62. The van der Waals surface area contributed by atoms with Crippen molar-refractivity contribution in [2.24, 2.45) is 0 Å². The van der Waals surface area contributed by atoms with Gasteiger partial charge in [0.2, 0.25) is 5.78 Å². The molecule has 0 bridgehead atoms. The van der Waals surface area contributed by atoms with Gasteiger partial charge in [-0.25, -0.2) is 4.58 Å². The highest BCUT2D eigenvalue weighted by atomic mass is 79.9. The zero-order valence-electron chi connectivity index (χ0n) is 10.9. The molecular weight excluding hydrogens is 342 g/mol. The first-order chi connectivity index (χ1) is 8.76. The summed E-state index contributed by atoms with van der Waals surface area (Å²) in [6.45, 7) is 6.22. The third-order valence-corrected chi connectivity index (χ3v) is 5.20. The second-order valence-electron chi connectivity index (χ2n) is 3.84. The standard InChI is InChI=1S/C14H16NOS2.BrH/c1-3-15(4-2)14-17-10-12(18-14)13(16)11-8-6-5-7-9-11;/h5-10H,3-4H2,1-2H3;1H/q+1;/p-1. The molecule has 0 fully saturated rings. The molecule has 19 heavy (non-hydrogen) atoms. The number of benzene rings is 1. The molecule has 2 rings (SSSR count). The Morgan fingerprint density at radius 2 is 1.79 bits per heavy atom. The van der Waals surface area contributed by atoms with Crippen LogP contribution in [0, 0.1) is 0 Å². The molecule has 0 aliphatic rings. The van der Waals surface area contributed by atoms with E-state index in [2.05, 4.69) is 18.4 Å². The summed E-state index contributed by atoms with van der Waals surface area (Å²) < 4.78 is 3.48. The summed E-state index contributed by atoms with van der Waals surface area (Å²) in [4.78, 5) is 13.1. The molecule has 1 aromatic carbocycles. The van der Waals surface area contributed by atoms with E-state index < -0.39 is 0 Å². The van der Waals surface area contributed by atoms with E-state index >= 15 is 0 Å². The van der Waals surface area contributed by atoms with Crippen molar-refractivity contribution in [3.05, 3.63) is 50.1 Å². The highest BCUT2D eigenvalue weighted by molar-refractivity contribution is 7.27. The first-order valence-electron chi connectivity index (χ1n) is 6.02. The fraction of sp³-hybridized carbons (Fsp3) is 0.286. The van der Waals surface area contributed by atoms with Crippen molar-refractivity contribution in [3.8, 4) is 0 Å². The lowest BCUT2D eigenvalue weighted by Crippen LogP contribution is -3.00. The molecule has 0 saturated heterocycles. The van der Waals surface area contributed by atoms with Crippen LogP contribution in [-0.4, -0.2) is 18.9 Å². The van der Waals surface area contributed by atoms with Crippen LogP contribution in [0.3, 0.4) is 0 Å². The topological polar surface area (TPSA) is 20.1 Å². The van der Waals surface area contributed by atoms with Crippen LogP contribution in [0.1, 0.15) is 29.1 Å². The molecule has 0 spiro atoms. The molecule has 0 aliphatic carbocycles. The van der Waals surface area contributed by atoms with E-state index in [1.165, 1.54) is 3.98 Å². The van der Waals surface area contributed by atoms with E-state index in [-0.39, 0.29) is 22.8 Å². The van der Waals surface area contributed by atoms with E-state index in [4.69, 9.17) is 0 Å². The van der Waals surface area contributed by atoms with Crippen molar-refractivity contribution >= 4 is 28.5 Å². The molecule has 0 aliphatic heterocycles. The maximum atomic E-state index is 12.3. The van der Waals surface area contributed by atoms with Crippen LogP contribution in [0.25, 0.3) is 0 Å². The Bertz CT molecular complexity index is 595. The van der Waals surface area contributed by atoms with Gasteiger partial charge in [-0.1, -0.05) is 53.0 Å². The number of nitrogens with zero attached hydrogens (tertiary/aromatic N) is 1. The third-order valence-electron chi connectivity index (χ3n) is 2.75. The monoisotopic (exact) mass is 357 g/mol. The first kappa shape index (κ1) is 16.3. The van der Waals surface area contributed by atoms with Gasteiger partial charge in [-0.15, -0.1) is 0 Å². The molecule has 0 amide bonds. The lowest BCUT2D eigenvalue weighted by atomic mass is 10.1. The molecule has 2 nitrogen and oxygen atoms in total. The van der Waals surface area contributed by atoms with Crippen molar-refractivity contribution in [1.82, 2.24) is 4.58 Å². The van der Waals surface area contributed by atoms with Crippen molar-refractivity contribution in [3.63, 3.8) is 0 Å². The average molecular weight is 358 g/mol. The minimum atomic E-state index is 0. The molecule has 102 valence electrons. The quantitative estimate of drug-likeness (QED) is 0.550. The Morgan fingerprint density at radius 3 is 2.37 bits per heavy atom. The summed E-state index contributed by atoms with van der Waals surface area (Å²) in [7, 11) is 0. The summed E-state index contributed by atoms with van der Waals surface area (Å²) in [6, 6.07) is 9.45. The van der Waals surface area contributed by atoms with E-state index in [0.717, 1.165) is 23.5 Å². The maximum absolute atomic E-state index is 12.3. The van der Waals surface area contributed by atoms with E-state index in [0.29, 0.717) is 0 Å². The average Bonchev–Trinajstić information content (AvgIpc) is 2.90. The highest BCUT2D eigenvalue weighted by Gasteiger charge is 2.13. The smallest absolute Gasteiger partial charge is 0.314 e. The van der Waals surface area contributed by atoms with E-state index in [1.807, 2.05) is 35.7 Å². The summed E-state index contributed by atoms with van der Waals surface area (Å²) in [5.41, 5.74) is 0.762. The number of rotatable bonds is 4. The molecule has 0 N–H and O–H groups in total. The fourth-order valence-corrected chi connectivity index (χ4v) is 4.15. The van der Waals surface area contributed by atoms with Gasteiger partial charge in [-0.2, -0.15) is 0 Å². The predicted molar refractivity (Wildman–Crippen MR) is 78.4 cm³/mol. The number of hydrogen-bond acceptors (Lipinski definition) is 3. The van der Waals surface area contributed by atoms with Crippen molar-refractivity contribution in [1.29, 1.82) is 0 Å². The van der Waals surface area contributed by atoms with Crippen molar-refractivity contribution in [2.45, 2.75) is 13.8 Å². The molecule has 5 heteroatoms. The van der Waals surface area contributed by atoms with Gasteiger partial charge >= 0.3 is 3.98 Å². The molecule has 1 heterocycles. The maximum Gasteiger partial charge on any atom is 0.314 e. The Hall–Kier alpha value is -0.780. The number of carbonyl (C=O) groups is 1. The normalized spacial score (nSPS) is 9.79. The molecule has 0 unspecified atom stereocenters. The summed E-state index contributed by atoms with van der Waals surface area (Å²) in [5, 5.41) is 1.97. The van der Waals surface area contributed by atoms with Crippen LogP contribution in [0.15, 0.2) is 35.7 Å². The molecule has 0 radical (unpaired) electrons. The van der Waals surface area contributed by atoms with Crippen LogP contribution in [-0.2, 0) is 0 Å². The Labute approximate surface area is 131 Å². The van der Waals surface area contributed by atoms with Gasteiger partial charge in [-0.3, -0.25) is 4.79 Å². The van der Waals surface area contributed by atoms with Gasteiger partial charge in [-0.05, 0) is 13.8 Å². The molecular formula is C14H16BrNOS2. The summed E-state index contributed by atoms with van der Waals surface area (Å²) >= 11 is 3.24. The largest absolute Gasteiger partial charge is 1.00 e. The summed E-state index contributed by atoms with van der Waals surface area (Å²) in [5.74, 6) is 0.121. The van der Waals surface area contributed by atoms with Crippen LogP contribution in [0.4, 0.5) is 0 Å². The minimum Gasteiger partial charge on any atom is -1.00 e. The zero-order chi connectivity index (χ0) is 13.0. The van der Waals surface area contributed by atoms with Gasteiger partial charge < -0.3 is 17.0 Å². The lowest BCUT2D eigenvalue weighted by Gasteiger charge is -1.95. The number of carbonyl (C=O) groups excluding carboxylic acids is 1. The predicted octanol–water partition coefficient (Wildman–Crippen LogP) is -0.143. The van der Waals surface area contributed by atoms with Gasteiger partial charge in [0, 0.05) is 10.9 Å². The number of ketones is 1. The zero-order valence-corrected chi connectivity index (χ0v) is 14.1. The Morgan fingerprint density at radius 1 is 1.16 bits per heavy atom. The van der Waals surface area contributed by atoms with Crippen LogP contribution < -0.4 is 25.5 Å². The van der Waals surface area contributed by atoms with Crippen LogP contribution >= 0.6 is 22.7 Å².